The second-order valence-corrected chi connectivity index (χ2v) is 3.39. The molecule has 0 bridgehead atoms. The van der Waals surface area contributed by atoms with Gasteiger partial charge in [0, 0.05) is 24.2 Å². The summed E-state index contributed by atoms with van der Waals surface area (Å²) in [5.74, 6) is 1.03. The Labute approximate surface area is 91.7 Å². The van der Waals surface area contributed by atoms with Crippen LogP contribution in [0.15, 0.2) is 30.0 Å². The summed E-state index contributed by atoms with van der Waals surface area (Å²) in [6, 6.07) is 8.24. The lowest BCUT2D eigenvalue weighted by Gasteiger charge is -2.04. The maximum atomic E-state index is 5.22. The Balaban J connectivity index is 2.40. The first kappa shape index (κ1) is 8.87. The monoisotopic (exact) mass is 287 g/mol. The van der Waals surface area contributed by atoms with Gasteiger partial charge in [-0.15, -0.1) is 0 Å². The Morgan fingerprint density at radius 3 is 3.00 bits per heavy atom. The van der Waals surface area contributed by atoms with E-state index in [1.54, 1.807) is 0 Å². The number of halogens is 1. The summed E-state index contributed by atoms with van der Waals surface area (Å²) in [5.41, 5.74) is 2.39. The van der Waals surface area contributed by atoms with Gasteiger partial charge < -0.3 is 8.38 Å². The smallest absolute Gasteiger partial charge is 0.192 e. The van der Waals surface area contributed by atoms with Crippen molar-refractivity contribution >= 4 is 34.8 Å². The summed E-state index contributed by atoms with van der Waals surface area (Å²) in [7, 11) is 0. The minimum atomic E-state index is 0.936. The van der Waals surface area contributed by atoms with Crippen molar-refractivity contribution < 1.29 is 3.07 Å². The minimum absolute atomic E-state index is 0.936. The number of hydrogen-bond acceptors (Lipinski definition) is 2. The van der Waals surface area contributed by atoms with Crippen molar-refractivity contribution in [1.82, 2.24) is 0 Å². The van der Waals surface area contributed by atoms with Gasteiger partial charge in [-0.25, -0.2) is 0 Å². The van der Waals surface area contributed by atoms with Crippen molar-refractivity contribution in [1.29, 1.82) is 0 Å². The van der Waals surface area contributed by atoms with Crippen molar-refractivity contribution in [3.05, 3.63) is 35.6 Å². The molecule has 13 heavy (non-hydrogen) atoms. The van der Waals surface area contributed by atoms with E-state index in [2.05, 4.69) is 23.5 Å². The van der Waals surface area contributed by atoms with E-state index in [0.29, 0.717) is 0 Å². The van der Waals surface area contributed by atoms with Crippen LogP contribution >= 0.6 is 23.0 Å². The standard InChI is InChI=1S/C10H10INO/c11-13-9-5-6-12-10-4-2-1-3-8(10)7-9/h1-4,7,12H,5-6H2. The maximum absolute atomic E-state index is 5.22. The molecule has 0 saturated carbocycles. The van der Waals surface area contributed by atoms with Gasteiger partial charge in [0.05, 0.1) is 0 Å². The highest BCUT2D eigenvalue weighted by molar-refractivity contribution is 14.1. The molecule has 0 saturated heterocycles. The second-order valence-electron chi connectivity index (χ2n) is 2.95. The third kappa shape index (κ3) is 1.96. The summed E-state index contributed by atoms with van der Waals surface area (Å²) < 4.78 is 5.22. The van der Waals surface area contributed by atoms with Crippen LogP contribution in [-0.2, 0) is 3.07 Å². The fraction of sp³-hybridized carbons (Fsp3) is 0.200. The first-order chi connectivity index (χ1) is 6.40. The highest BCUT2D eigenvalue weighted by Crippen LogP contribution is 2.24. The van der Waals surface area contributed by atoms with Crippen molar-refractivity contribution in [2.24, 2.45) is 0 Å². The molecule has 2 nitrogen and oxygen atoms in total. The Kier molecular flexibility index (Phi) is 2.73. The molecule has 1 aromatic rings. The number of anilines is 1. The van der Waals surface area contributed by atoms with Crippen LogP contribution in [0, 0.1) is 0 Å². The fourth-order valence-electron chi connectivity index (χ4n) is 1.41. The number of rotatable bonds is 1. The Hall–Kier alpha value is -0.710. The molecule has 0 aromatic heterocycles. The Morgan fingerprint density at radius 2 is 2.15 bits per heavy atom. The predicted octanol–water partition coefficient (Wildman–Crippen LogP) is 3.21. The van der Waals surface area contributed by atoms with E-state index in [9.17, 15) is 0 Å². The lowest BCUT2D eigenvalue weighted by Crippen LogP contribution is -2.00. The second kappa shape index (κ2) is 4.00. The van der Waals surface area contributed by atoms with Crippen LogP contribution in [-0.4, -0.2) is 6.54 Å². The van der Waals surface area contributed by atoms with Crippen LogP contribution in [0.4, 0.5) is 5.69 Å². The summed E-state index contributed by atoms with van der Waals surface area (Å²) in [6.45, 7) is 0.936. The van der Waals surface area contributed by atoms with Crippen LogP contribution in [0.1, 0.15) is 12.0 Å². The minimum Gasteiger partial charge on any atom is -0.432 e. The molecule has 1 aromatic carbocycles. The quantitative estimate of drug-likeness (QED) is 0.801. The predicted molar refractivity (Wildman–Crippen MR) is 62.6 cm³/mol. The SMILES string of the molecule is IOC1=Cc2ccccc2NCC1. The molecule has 0 aliphatic carbocycles. The molecular formula is C10H10INO. The van der Waals surface area contributed by atoms with Crippen LogP contribution in [0.3, 0.4) is 0 Å². The number of benzene rings is 1. The van der Waals surface area contributed by atoms with Gasteiger partial charge in [-0.05, 0) is 12.1 Å². The molecule has 68 valence electrons. The molecule has 0 amide bonds. The van der Waals surface area contributed by atoms with Gasteiger partial charge in [0.15, 0.2) is 23.0 Å². The molecule has 0 unspecified atom stereocenters. The van der Waals surface area contributed by atoms with E-state index in [-0.39, 0.29) is 0 Å². The van der Waals surface area contributed by atoms with Gasteiger partial charge in [-0.2, -0.15) is 0 Å². The fourth-order valence-corrected chi connectivity index (χ4v) is 1.76. The maximum Gasteiger partial charge on any atom is 0.192 e. The first-order valence-electron chi connectivity index (χ1n) is 4.22. The highest BCUT2D eigenvalue weighted by Gasteiger charge is 2.06. The van der Waals surface area contributed by atoms with E-state index < -0.39 is 0 Å². The molecule has 1 heterocycles. The molecule has 3 heteroatoms. The average Bonchev–Trinajstić information content (AvgIpc) is 2.38. The number of hydrogen-bond donors (Lipinski definition) is 1. The Bertz CT molecular complexity index is 335. The zero-order valence-corrected chi connectivity index (χ0v) is 9.24. The van der Waals surface area contributed by atoms with Crippen molar-refractivity contribution in [3.8, 4) is 0 Å². The van der Waals surface area contributed by atoms with Gasteiger partial charge in [-0.1, -0.05) is 18.2 Å². The zero-order chi connectivity index (χ0) is 9.10. The van der Waals surface area contributed by atoms with Gasteiger partial charge in [0.1, 0.15) is 5.76 Å². The highest BCUT2D eigenvalue weighted by atomic mass is 127. The first-order valence-corrected chi connectivity index (χ1v) is 5.10. The number of nitrogens with one attached hydrogen (secondary N) is 1. The van der Waals surface area contributed by atoms with E-state index in [4.69, 9.17) is 3.07 Å². The molecule has 1 aliphatic rings. The van der Waals surface area contributed by atoms with Gasteiger partial charge in [0.2, 0.25) is 0 Å². The molecule has 0 atom stereocenters. The average molecular weight is 287 g/mol. The van der Waals surface area contributed by atoms with Crippen molar-refractivity contribution in [3.63, 3.8) is 0 Å². The molecule has 0 fully saturated rings. The summed E-state index contributed by atoms with van der Waals surface area (Å²) in [5, 5.41) is 3.35. The molecule has 0 radical (unpaired) electrons. The van der Waals surface area contributed by atoms with Gasteiger partial charge in [-0.3, -0.25) is 0 Å². The van der Waals surface area contributed by atoms with E-state index in [1.165, 1.54) is 11.3 Å². The summed E-state index contributed by atoms with van der Waals surface area (Å²) in [6.07, 6.45) is 3.03. The van der Waals surface area contributed by atoms with Gasteiger partial charge in [0.25, 0.3) is 0 Å². The molecule has 1 N–H and O–H groups in total. The molecule has 1 aliphatic heterocycles. The molecule has 0 spiro atoms. The number of para-hydroxylation sites is 1. The number of fused-ring (bicyclic) bond motifs is 1. The summed E-state index contributed by atoms with van der Waals surface area (Å²) in [4.78, 5) is 0. The van der Waals surface area contributed by atoms with Crippen LogP contribution < -0.4 is 5.32 Å². The Morgan fingerprint density at radius 1 is 1.31 bits per heavy atom. The van der Waals surface area contributed by atoms with E-state index in [1.807, 2.05) is 35.1 Å². The van der Waals surface area contributed by atoms with Crippen LogP contribution in [0.5, 0.6) is 0 Å². The van der Waals surface area contributed by atoms with E-state index >= 15 is 0 Å². The molecular weight excluding hydrogens is 277 g/mol. The normalized spacial score (nSPS) is 15.0. The largest absolute Gasteiger partial charge is 0.432 e. The third-order valence-corrected chi connectivity index (χ3v) is 2.63. The lowest BCUT2D eigenvalue weighted by molar-refractivity contribution is 0.539. The third-order valence-electron chi connectivity index (χ3n) is 2.06. The topological polar surface area (TPSA) is 21.3 Å². The van der Waals surface area contributed by atoms with Crippen LogP contribution in [0.2, 0.25) is 0 Å². The zero-order valence-electron chi connectivity index (χ0n) is 7.09. The lowest BCUT2D eigenvalue weighted by atomic mass is 10.1. The van der Waals surface area contributed by atoms with Crippen molar-refractivity contribution in [2.45, 2.75) is 6.42 Å². The molecule has 2 rings (SSSR count). The van der Waals surface area contributed by atoms with Crippen molar-refractivity contribution in [2.75, 3.05) is 11.9 Å². The van der Waals surface area contributed by atoms with Crippen LogP contribution in [0.25, 0.3) is 6.08 Å². The van der Waals surface area contributed by atoms with E-state index in [0.717, 1.165) is 18.7 Å². The van der Waals surface area contributed by atoms with Gasteiger partial charge >= 0.3 is 0 Å². The summed E-state index contributed by atoms with van der Waals surface area (Å²) >= 11 is 1.93.